The molecule has 2 aromatic carbocycles. The van der Waals surface area contributed by atoms with E-state index < -0.39 is 10.8 Å². The quantitative estimate of drug-likeness (QED) is 0.328. The molecule has 0 bridgehead atoms. The molecule has 4 rings (SSSR count). The molecule has 32 heavy (non-hydrogen) atoms. The zero-order valence-corrected chi connectivity index (χ0v) is 17.2. The van der Waals surface area contributed by atoms with Crippen LogP contribution in [0.3, 0.4) is 0 Å². The number of hydrogen-bond donors (Lipinski definition) is 2. The summed E-state index contributed by atoms with van der Waals surface area (Å²) in [5.74, 6) is -0.454. The molecule has 0 aliphatic rings. The summed E-state index contributed by atoms with van der Waals surface area (Å²) in [4.78, 5) is 32.4. The SMILES string of the molecule is CC(Nc1ccc(C(=O)Nc2ccccc2-n2ccnc2)cc1[N+](=O)[O-])c1ccccn1. The van der Waals surface area contributed by atoms with Gasteiger partial charge in [0.05, 0.1) is 34.4 Å². The lowest BCUT2D eigenvalue weighted by Crippen LogP contribution is -2.15. The summed E-state index contributed by atoms with van der Waals surface area (Å²) in [6.45, 7) is 1.86. The van der Waals surface area contributed by atoms with Gasteiger partial charge in [0.25, 0.3) is 11.6 Å². The Morgan fingerprint density at radius 2 is 1.88 bits per heavy atom. The Morgan fingerprint density at radius 1 is 1.06 bits per heavy atom. The van der Waals surface area contributed by atoms with Crippen LogP contribution >= 0.6 is 0 Å². The topological polar surface area (TPSA) is 115 Å². The highest BCUT2D eigenvalue weighted by molar-refractivity contribution is 6.06. The number of para-hydroxylation sites is 2. The summed E-state index contributed by atoms with van der Waals surface area (Å²) in [7, 11) is 0. The number of nitrogens with zero attached hydrogens (tertiary/aromatic N) is 4. The molecule has 160 valence electrons. The first-order chi connectivity index (χ1) is 15.5. The average Bonchev–Trinajstić information content (AvgIpc) is 3.35. The van der Waals surface area contributed by atoms with E-state index in [1.165, 1.54) is 12.1 Å². The van der Waals surface area contributed by atoms with Crippen molar-refractivity contribution in [3.8, 4) is 5.69 Å². The van der Waals surface area contributed by atoms with E-state index in [-0.39, 0.29) is 17.3 Å². The molecule has 2 aromatic heterocycles. The largest absolute Gasteiger partial charge is 0.371 e. The first-order valence-electron chi connectivity index (χ1n) is 9.87. The van der Waals surface area contributed by atoms with Crippen molar-refractivity contribution in [2.24, 2.45) is 0 Å². The number of hydrogen-bond acceptors (Lipinski definition) is 6. The minimum absolute atomic E-state index is 0.174. The molecule has 2 heterocycles. The maximum atomic E-state index is 12.9. The Labute approximate surface area is 183 Å². The third kappa shape index (κ3) is 4.46. The fourth-order valence-electron chi connectivity index (χ4n) is 3.29. The van der Waals surface area contributed by atoms with E-state index in [1.54, 1.807) is 53.8 Å². The number of nitro groups is 1. The van der Waals surface area contributed by atoms with E-state index in [2.05, 4.69) is 20.6 Å². The molecular weight excluding hydrogens is 408 g/mol. The van der Waals surface area contributed by atoms with Crippen LogP contribution in [0.5, 0.6) is 0 Å². The van der Waals surface area contributed by atoms with Crippen LogP contribution < -0.4 is 10.6 Å². The predicted molar refractivity (Wildman–Crippen MR) is 121 cm³/mol. The van der Waals surface area contributed by atoms with Crippen LogP contribution in [-0.4, -0.2) is 25.4 Å². The minimum atomic E-state index is -0.510. The maximum Gasteiger partial charge on any atom is 0.293 e. The standard InChI is InChI=1S/C23H20N6O3/c1-16(18-6-4-5-11-25-18)26-20-10-9-17(14-22(20)29(31)32)23(30)27-19-7-2-3-8-21(19)28-13-12-24-15-28/h2-16,26H,1H3,(H,27,30). The molecule has 0 saturated heterocycles. The molecule has 0 spiro atoms. The third-order valence-corrected chi connectivity index (χ3v) is 4.89. The molecule has 2 N–H and O–H groups in total. The summed E-state index contributed by atoms with van der Waals surface area (Å²) in [5, 5.41) is 17.6. The van der Waals surface area contributed by atoms with Crippen molar-refractivity contribution < 1.29 is 9.72 Å². The molecule has 0 saturated carbocycles. The first kappa shape index (κ1) is 20.7. The van der Waals surface area contributed by atoms with Crippen LogP contribution in [0.2, 0.25) is 0 Å². The van der Waals surface area contributed by atoms with E-state index in [0.29, 0.717) is 11.4 Å². The van der Waals surface area contributed by atoms with Gasteiger partial charge in [-0.1, -0.05) is 18.2 Å². The van der Waals surface area contributed by atoms with Gasteiger partial charge in [0, 0.05) is 30.2 Å². The van der Waals surface area contributed by atoms with Gasteiger partial charge >= 0.3 is 0 Å². The number of aromatic nitrogens is 3. The lowest BCUT2D eigenvalue weighted by molar-refractivity contribution is -0.384. The number of benzene rings is 2. The molecule has 0 radical (unpaired) electrons. The molecule has 9 heteroatoms. The van der Waals surface area contributed by atoms with Crippen molar-refractivity contribution in [3.63, 3.8) is 0 Å². The Kier molecular flexibility index (Phi) is 5.89. The summed E-state index contributed by atoms with van der Waals surface area (Å²) < 4.78 is 1.77. The highest BCUT2D eigenvalue weighted by Crippen LogP contribution is 2.29. The number of carbonyl (C=O) groups is 1. The number of amides is 1. The van der Waals surface area contributed by atoms with Crippen molar-refractivity contribution in [1.29, 1.82) is 0 Å². The van der Waals surface area contributed by atoms with Crippen molar-refractivity contribution in [1.82, 2.24) is 14.5 Å². The number of nitrogens with one attached hydrogen (secondary N) is 2. The fraction of sp³-hybridized carbons (Fsp3) is 0.0870. The second-order valence-corrected chi connectivity index (χ2v) is 7.05. The Hall–Kier alpha value is -4.53. The van der Waals surface area contributed by atoms with Crippen LogP contribution in [-0.2, 0) is 0 Å². The molecule has 4 aromatic rings. The molecular formula is C23H20N6O3. The predicted octanol–water partition coefficient (Wildman–Crippen LogP) is 4.60. The molecule has 1 unspecified atom stereocenters. The van der Waals surface area contributed by atoms with E-state index in [9.17, 15) is 14.9 Å². The zero-order chi connectivity index (χ0) is 22.5. The third-order valence-electron chi connectivity index (χ3n) is 4.89. The highest BCUT2D eigenvalue weighted by Gasteiger charge is 2.20. The number of pyridine rings is 1. The maximum absolute atomic E-state index is 12.9. The summed E-state index contributed by atoms with van der Waals surface area (Å²) in [5.41, 5.74) is 2.33. The van der Waals surface area contributed by atoms with Crippen molar-refractivity contribution in [2.45, 2.75) is 13.0 Å². The van der Waals surface area contributed by atoms with Gasteiger partial charge in [0.1, 0.15) is 5.69 Å². The summed E-state index contributed by atoms with van der Waals surface area (Å²) in [6, 6.07) is 16.8. The van der Waals surface area contributed by atoms with Gasteiger partial charge in [-0.25, -0.2) is 4.98 Å². The number of nitro benzene ring substituents is 1. The number of anilines is 2. The van der Waals surface area contributed by atoms with Crippen LogP contribution in [0.15, 0.2) is 85.6 Å². The Morgan fingerprint density at radius 3 is 2.59 bits per heavy atom. The highest BCUT2D eigenvalue weighted by atomic mass is 16.6. The first-order valence-corrected chi connectivity index (χ1v) is 9.87. The molecule has 1 atom stereocenters. The lowest BCUT2D eigenvalue weighted by atomic mass is 10.1. The van der Waals surface area contributed by atoms with Gasteiger partial charge in [-0.3, -0.25) is 19.9 Å². The van der Waals surface area contributed by atoms with Crippen LogP contribution in [0, 0.1) is 10.1 Å². The van der Waals surface area contributed by atoms with Crippen molar-refractivity contribution >= 4 is 23.0 Å². The van der Waals surface area contributed by atoms with Crippen LogP contribution in [0.1, 0.15) is 29.0 Å². The van der Waals surface area contributed by atoms with Gasteiger partial charge in [0.15, 0.2) is 0 Å². The Bertz CT molecular complexity index is 1240. The van der Waals surface area contributed by atoms with E-state index in [4.69, 9.17) is 0 Å². The zero-order valence-electron chi connectivity index (χ0n) is 17.2. The van der Waals surface area contributed by atoms with Crippen LogP contribution in [0.25, 0.3) is 5.69 Å². The molecule has 0 fully saturated rings. The average molecular weight is 428 g/mol. The molecule has 0 aliphatic heterocycles. The van der Waals surface area contributed by atoms with Crippen molar-refractivity contribution in [2.75, 3.05) is 10.6 Å². The fourth-order valence-corrected chi connectivity index (χ4v) is 3.29. The van der Waals surface area contributed by atoms with Gasteiger partial charge in [-0.05, 0) is 43.3 Å². The van der Waals surface area contributed by atoms with E-state index in [0.717, 1.165) is 11.4 Å². The van der Waals surface area contributed by atoms with Gasteiger partial charge in [-0.2, -0.15) is 0 Å². The lowest BCUT2D eigenvalue weighted by Gasteiger charge is -2.15. The summed E-state index contributed by atoms with van der Waals surface area (Å²) >= 11 is 0. The normalized spacial score (nSPS) is 11.5. The smallest absolute Gasteiger partial charge is 0.293 e. The number of rotatable bonds is 7. The van der Waals surface area contributed by atoms with E-state index >= 15 is 0 Å². The molecule has 1 amide bonds. The minimum Gasteiger partial charge on any atom is -0.371 e. The second kappa shape index (κ2) is 9.09. The Balaban J connectivity index is 1.58. The van der Waals surface area contributed by atoms with Crippen LogP contribution in [0.4, 0.5) is 17.1 Å². The van der Waals surface area contributed by atoms with Gasteiger partial charge < -0.3 is 15.2 Å². The molecule has 0 aliphatic carbocycles. The second-order valence-electron chi connectivity index (χ2n) is 7.05. The van der Waals surface area contributed by atoms with Gasteiger partial charge in [-0.15, -0.1) is 0 Å². The van der Waals surface area contributed by atoms with E-state index in [1.807, 2.05) is 31.2 Å². The van der Waals surface area contributed by atoms with Gasteiger partial charge in [0.2, 0.25) is 0 Å². The van der Waals surface area contributed by atoms with Crippen molar-refractivity contribution in [3.05, 3.63) is 107 Å². The molecule has 9 nitrogen and oxygen atoms in total. The summed E-state index contributed by atoms with van der Waals surface area (Å²) in [6.07, 6.45) is 6.69. The monoisotopic (exact) mass is 428 g/mol. The number of imidazole rings is 1. The number of carbonyl (C=O) groups excluding carboxylic acids is 1.